The highest BCUT2D eigenvalue weighted by Crippen LogP contribution is 2.35. The lowest BCUT2D eigenvalue weighted by molar-refractivity contribution is -0.117. The molecule has 3 rings (SSSR count). The molecule has 19 heavy (non-hydrogen) atoms. The first kappa shape index (κ1) is 13.1. The van der Waals surface area contributed by atoms with Crippen LogP contribution in [0.5, 0.6) is 0 Å². The molecule has 1 N–H and O–H groups in total. The van der Waals surface area contributed by atoms with Crippen LogP contribution in [0.3, 0.4) is 0 Å². The fraction of sp³-hybridized carbons (Fsp3) is 0.571. The second-order valence-corrected chi connectivity index (χ2v) is 6.32. The van der Waals surface area contributed by atoms with Gasteiger partial charge in [-0.2, -0.15) is 0 Å². The van der Waals surface area contributed by atoms with Gasteiger partial charge in [0.25, 0.3) is 0 Å². The van der Waals surface area contributed by atoms with Crippen molar-refractivity contribution >= 4 is 27.7 Å². The Morgan fingerprint density at radius 1 is 1.42 bits per heavy atom. The number of likely N-dealkylation sites (tertiary alicyclic amines) is 1. The van der Waals surface area contributed by atoms with E-state index in [0.717, 1.165) is 36.0 Å². The Hall–Kier alpha value is -0.940. The van der Waals surface area contributed by atoms with E-state index < -0.39 is 0 Å². The summed E-state index contributed by atoms with van der Waals surface area (Å²) in [6.45, 7) is 1.11. The summed E-state index contributed by atoms with van der Waals surface area (Å²) in [7, 11) is 2.13. The molecule has 1 aliphatic heterocycles. The number of hydrogen-bond acceptors (Lipinski definition) is 3. The fourth-order valence-corrected chi connectivity index (χ4v) is 3.08. The van der Waals surface area contributed by atoms with Crippen molar-refractivity contribution in [3.8, 4) is 0 Å². The molecular formula is C14H18BrN3O. The van der Waals surface area contributed by atoms with Crippen LogP contribution in [-0.2, 0) is 4.79 Å². The normalized spacial score (nSPS) is 23.6. The number of pyridine rings is 1. The average Bonchev–Trinajstić information content (AvgIpc) is 3.15. The van der Waals surface area contributed by atoms with Gasteiger partial charge in [-0.15, -0.1) is 0 Å². The Kier molecular flexibility index (Phi) is 3.58. The minimum absolute atomic E-state index is 0.112. The highest BCUT2D eigenvalue weighted by Gasteiger charge is 2.30. The molecule has 5 heteroatoms. The number of aromatic nitrogens is 1. The van der Waals surface area contributed by atoms with E-state index >= 15 is 0 Å². The summed E-state index contributed by atoms with van der Waals surface area (Å²) in [5.74, 6) is 0.999. The van der Waals surface area contributed by atoms with E-state index in [0.29, 0.717) is 11.9 Å². The number of carbonyl (C=O) groups excluding carboxylic acids is 1. The van der Waals surface area contributed by atoms with Gasteiger partial charge in [-0.05, 0) is 67.3 Å². The number of rotatable bonds is 3. The zero-order valence-electron chi connectivity index (χ0n) is 11.0. The highest BCUT2D eigenvalue weighted by atomic mass is 79.9. The molecule has 2 fully saturated rings. The van der Waals surface area contributed by atoms with Gasteiger partial charge >= 0.3 is 0 Å². The number of halogens is 1. The highest BCUT2D eigenvalue weighted by molar-refractivity contribution is 9.10. The van der Waals surface area contributed by atoms with E-state index in [-0.39, 0.29) is 11.8 Å². The minimum atomic E-state index is 0.112. The molecule has 4 nitrogen and oxygen atoms in total. The molecule has 0 radical (unpaired) electrons. The predicted molar refractivity (Wildman–Crippen MR) is 77.9 cm³/mol. The number of nitrogens with one attached hydrogen (secondary N) is 1. The van der Waals surface area contributed by atoms with E-state index in [2.05, 4.69) is 38.2 Å². The van der Waals surface area contributed by atoms with Crippen LogP contribution < -0.4 is 5.32 Å². The average molecular weight is 324 g/mol. The molecule has 0 bridgehead atoms. The monoisotopic (exact) mass is 323 g/mol. The Morgan fingerprint density at radius 3 is 2.84 bits per heavy atom. The van der Waals surface area contributed by atoms with E-state index in [1.165, 1.54) is 6.42 Å². The van der Waals surface area contributed by atoms with Crippen LogP contribution in [0.2, 0.25) is 0 Å². The first-order valence-electron chi connectivity index (χ1n) is 6.82. The van der Waals surface area contributed by atoms with E-state index in [1.807, 2.05) is 12.1 Å². The molecule has 1 aromatic heterocycles. The van der Waals surface area contributed by atoms with Crippen molar-refractivity contribution in [3.05, 3.63) is 22.3 Å². The number of carbonyl (C=O) groups is 1. The van der Waals surface area contributed by atoms with Crippen molar-refractivity contribution in [3.63, 3.8) is 0 Å². The molecule has 1 aromatic rings. The van der Waals surface area contributed by atoms with E-state index in [4.69, 9.17) is 0 Å². The molecule has 1 saturated carbocycles. The van der Waals surface area contributed by atoms with Gasteiger partial charge in [0.05, 0.1) is 11.7 Å². The van der Waals surface area contributed by atoms with Gasteiger partial charge < -0.3 is 5.32 Å². The summed E-state index contributed by atoms with van der Waals surface area (Å²) in [5.41, 5.74) is 1.04. The van der Waals surface area contributed by atoms with E-state index in [1.54, 1.807) is 0 Å². The molecule has 1 aliphatic carbocycles. The molecule has 1 amide bonds. The molecule has 0 spiro atoms. The maximum atomic E-state index is 11.8. The Labute approximate surface area is 121 Å². The van der Waals surface area contributed by atoms with Gasteiger partial charge in [-0.3, -0.25) is 9.69 Å². The van der Waals surface area contributed by atoms with Gasteiger partial charge in [0.1, 0.15) is 5.82 Å². The standard InChI is InChI=1S/C14H18BrN3O/c1-18-8-2-3-11(18)13-10(15)6-7-12(16-13)17-14(19)9-4-5-9/h6-7,9,11H,2-5,8H2,1H3,(H,16,17,19)/t11-/m0/s1. The van der Waals surface area contributed by atoms with Gasteiger partial charge in [-0.25, -0.2) is 4.98 Å². The zero-order valence-corrected chi connectivity index (χ0v) is 12.6. The maximum Gasteiger partial charge on any atom is 0.228 e. The van der Waals surface area contributed by atoms with Crippen LogP contribution in [0, 0.1) is 5.92 Å². The maximum absolute atomic E-state index is 11.8. The van der Waals surface area contributed by atoms with Crippen LogP contribution in [-0.4, -0.2) is 29.4 Å². The van der Waals surface area contributed by atoms with Gasteiger partial charge in [0.2, 0.25) is 5.91 Å². The summed E-state index contributed by atoms with van der Waals surface area (Å²) < 4.78 is 1.02. The molecule has 0 aromatic carbocycles. The van der Waals surface area contributed by atoms with E-state index in [9.17, 15) is 4.79 Å². The third-order valence-electron chi connectivity index (χ3n) is 3.91. The van der Waals surface area contributed by atoms with Crippen LogP contribution in [0.4, 0.5) is 5.82 Å². The fourth-order valence-electron chi connectivity index (χ4n) is 2.59. The van der Waals surface area contributed by atoms with Gasteiger partial charge in [0.15, 0.2) is 0 Å². The zero-order chi connectivity index (χ0) is 13.4. The van der Waals surface area contributed by atoms with Crippen molar-refractivity contribution < 1.29 is 4.79 Å². The molecule has 2 heterocycles. The van der Waals surface area contributed by atoms with Gasteiger partial charge in [-0.1, -0.05) is 0 Å². The first-order valence-corrected chi connectivity index (χ1v) is 7.62. The largest absolute Gasteiger partial charge is 0.310 e. The Balaban J connectivity index is 1.80. The SMILES string of the molecule is CN1CCC[C@H]1c1nc(NC(=O)C2CC2)ccc1Br. The van der Waals surface area contributed by atoms with Crippen molar-refractivity contribution in [1.82, 2.24) is 9.88 Å². The smallest absolute Gasteiger partial charge is 0.228 e. The first-order chi connectivity index (χ1) is 9.15. The third-order valence-corrected chi connectivity index (χ3v) is 4.58. The van der Waals surface area contributed by atoms with Gasteiger partial charge in [0, 0.05) is 10.4 Å². The van der Waals surface area contributed by atoms with Crippen LogP contribution in [0.15, 0.2) is 16.6 Å². The molecule has 0 unspecified atom stereocenters. The topological polar surface area (TPSA) is 45.2 Å². The van der Waals surface area contributed by atoms with Crippen LogP contribution in [0.1, 0.15) is 37.4 Å². The minimum Gasteiger partial charge on any atom is -0.310 e. The lowest BCUT2D eigenvalue weighted by Crippen LogP contribution is -2.20. The number of amides is 1. The summed E-state index contributed by atoms with van der Waals surface area (Å²) in [6.07, 6.45) is 4.36. The number of hydrogen-bond donors (Lipinski definition) is 1. The quantitative estimate of drug-likeness (QED) is 0.930. The van der Waals surface area contributed by atoms with Crippen molar-refractivity contribution in [2.45, 2.75) is 31.7 Å². The Bertz CT molecular complexity index is 501. The Morgan fingerprint density at radius 2 is 2.21 bits per heavy atom. The molecule has 2 aliphatic rings. The second kappa shape index (κ2) is 5.21. The predicted octanol–water partition coefficient (Wildman–Crippen LogP) is 2.96. The summed E-state index contributed by atoms with van der Waals surface area (Å²) in [5, 5.41) is 2.92. The van der Waals surface area contributed by atoms with Crippen molar-refractivity contribution in [2.24, 2.45) is 5.92 Å². The molecular weight excluding hydrogens is 306 g/mol. The summed E-state index contributed by atoms with van der Waals surface area (Å²) in [6, 6.07) is 4.20. The summed E-state index contributed by atoms with van der Waals surface area (Å²) >= 11 is 3.57. The molecule has 102 valence electrons. The molecule has 1 atom stereocenters. The number of nitrogens with zero attached hydrogens (tertiary/aromatic N) is 2. The lowest BCUT2D eigenvalue weighted by Gasteiger charge is -2.20. The van der Waals surface area contributed by atoms with Crippen LogP contribution >= 0.6 is 15.9 Å². The number of anilines is 1. The molecule has 1 saturated heterocycles. The summed E-state index contributed by atoms with van der Waals surface area (Å²) in [4.78, 5) is 18.7. The van der Waals surface area contributed by atoms with Crippen LogP contribution in [0.25, 0.3) is 0 Å². The second-order valence-electron chi connectivity index (χ2n) is 5.47. The third kappa shape index (κ3) is 2.82. The van der Waals surface area contributed by atoms with Crippen molar-refractivity contribution in [1.29, 1.82) is 0 Å². The lowest BCUT2D eigenvalue weighted by atomic mass is 10.1. The van der Waals surface area contributed by atoms with Crippen molar-refractivity contribution in [2.75, 3.05) is 18.9 Å².